The summed E-state index contributed by atoms with van der Waals surface area (Å²) in [6.07, 6.45) is 0.882. The molecule has 0 bridgehead atoms. The second-order valence-corrected chi connectivity index (χ2v) is 8.33. The van der Waals surface area contributed by atoms with Gasteiger partial charge in [-0.3, -0.25) is 9.59 Å². The molecule has 2 aromatic heterocycles. The molecule has 2 heterocycles. The Morgan fingerprint density at radius 2 is 2.04 bits per heavy atom. The van der Waals surface area contributed by atoms with Gasteiger partial charge in [-0.25, -0.2) is 0 Å². The number of hydrogen-bond acceptors (Lipinski definition) is 6. The fourth-order valence-electron chi connectivity index (χ4n) is 2.15. The number of carbonyl (C=O) groups excluding carboxylic acids is 2. The average Bonchev–Trinajstić information content (AvgIpc) is 3.27. The molecule has 0 saturated carbocycles. The molecule has 1 aromatic carbocycles. The lowest BCUT2D eigenvalue weighted by Crippen LogP contribution is -2.25. The lowest BCUT2D eigenvalue weighted by molar-refractivity contribution is -0.115. The molecule has 2 N–H and O–H groups in total. The molecule has 0 unspecified atom stereocenters. The van der Waals surface area contributed by atoms with Crippen molar-refractivity contribution in [2.45, 2.75) is 12.8 Å². The Morgan fingerprint density at radius 1 is 1.15 bits per heavy atom. The van der Waals surface area contributed by atoms with Crippen LogP contribution in [0.5, 0.6) is 0 Å². The third-order valence-electron chi connectivity index (χ3n) is 3.34. The summed E-state index contributed by atoms with van der Waals surface area (Å²) in [7, 11) is 0. The molecule has 0 atom stereocenters. The SMILES string of the molecule is O=C(Cc1cccs1)Nc1nnc(CCNC(=O)c2cccc(Br)c2)s1. The second-order valence-electron chi connectivity index (χ2n) is 5.32. The van der Waals surface area contributed by atoms with E-state index in [0.29, 0.717) is 30.1 Å². The maximum Gasteiger partial charge on any atom is 0.251 e. The smallest absolute Gasteiger partial charge is 0.251 e. The van der Waals surface area contributed by atoms with Gasteiger partial charge >= 0.3 is 0 Å². The summed E-state index contributed by atoms with van der Waals surface area (Å²) >= 11 is 6.20. The molecule has 9 heteroatoms. The van der Waals surface area contributed by atoms with Crippen LogP contribution < -0.4 is 10.6 Å². The highest BCUT2D eigenvalue weighted by atomic mass is 79.9. The van der Waals surface area contributed by atoms with Crippen molar-refractivity contribution in [3.63, 3.8) is 0 Å². The Labute approximate surface area is 166 Å². The average molecular weight is 451 g/mol. The van der Waals surface area contributed by atoms with Crippen LogP contribution in [0.1, 0.15) is 20.2 Å². The lowest BCUT2D eigenvalue weighted by atomic mass is 10.2. The number of thiophene rings is 1. The summed E-state index contributed by atoms with van der Waals surface area (Å²) in [5.41, 5.74) is 0.596. The highest BCUT2D eigenvalue weighted by Crippen LogP contribution is 2.17. The van der Waals surface area contributed by atoms with Gasteiger partial charge in [0.05, 0.1) is 6.42 Å². The van der Waals surface area contributed by atoms with Crippen molar-refractivity contribution < 1.29 is 9.59 Å². The van der Waals surface area contributed by atoms with Gasteiger partial charge in [0.1, 0.15) is 5.01 Å². The van der Waals surface area contributed by atoms with E-state index in [9.17, 15) is 9.59 Å². The number of hydrogen-bond donors (Lipinski definition) is 2. The Kier molecular flexibility index (Phi) is 6.48. The lowest BCUT2D eigenvalue weighted by Gasteiger charge is -2.04. The number of aromatic nitrogens is 2. The highest BCUT2D eigenvalue weighted by Gasteiger charge is 2.10. The van der Waals surface area contributed by atoms with Crippen LogP contribution in [0, 0.1) is 0 Å². The fraction of sp³-hybridized carbons (Fsp3) is 0.176. The number of rotatable bonds is 7. The van der Waals surface area contributed by atoms with E-state index in [2.05, 4.69) is 36.8 Å². The molecule has 6 nitrogen and oxygen atoms in total. The van der Waals surface area contributed by atoms with Gasteiger partial charge in [0.25, 0.3) is 5.91 Å². The molecule has 0 spiro atoms. The van der Waals surface area contributed by atoms with Gasteiger partial charge in [-0.2, -0.15) is 0 Å². The van der Waals surface area contributed by atoms with Crippen molar-refractivity contribution in [1.29, 1.82) is 0 Å². The maximum absolute atomic E-state index is 12.1. The van der Waals surface area contributed by atoms with Crippen LogP contribution >= 0.6 is 38.6 Å². The Hall–Kier alpha value is -2.10. The fourth-order valence-corrected chi connectivity index (χ4v) is 4.01. The first kappa shape index (κ1) is 18.7. The van der Waals surface area contributed by atoms with Crippen LogP contribution in [-0.2, 0) is 17.6 Å². The van der Waals surface area contributed by atoms with Gasteiger partial charge < -0.3 is 10.6 Å². The van der Waals surface area contributed by atoms with E-state index in [0.717, 1.165) is 14.4 Å². The minimum atomic E-state index is -0.139. The largest absolute Gasteiger partial charge is 0.352 e. The molecule has 0 aliphatic heterocycles. The van der Waals surface area contributed by atoms with Crippen molar-refractivity contribution in [2.24, 2.45) is 0 Å². The summed E-state index contributed by atoms with van der Waals surface area (Å²) in [5, 5.41) is 16.8. The molecule has 0 saturated heterocycles. The third-order valence-corrected chi connectivity index (χ3v) is 5.61. The normalized spacial score (nSPS) is 10.5. The standard InChI is InChI=1S/C17H15BrN4O2S2/c18-12-4-1-3-11(9-12)16(24)19-7-6-15-21-22-17(26-15)20-14(23)10-13-5-2-8-25-13/h1-5,8-9H,6-7,10H2,(H,19,24)(H,20,22,23). The molecule has 3 aromatic rings. The van der Waals surface area contributed by atoms with Crippen LogP contribution in [0.15, 0.2) is 46.3 Å². The molecule has 0 aliphatic rings. The van der Waals surface area contributed by atoms with E-state index in [1.165, 1.54) is 11.3 Å². The van der Waals surface area contributed by atoms with Crippen molar-refractivity contribution in [1.82, 2.24) is 15.5 Å². The molecule has 2 amide bonds. The summed E-state index contributed by atoms with van der Waals surface area (Å²) in [6.45, 7) is 0.448. The number of nitrogens with one attached hydrogen (secondary N) is 2. The summed E-state index contributed by atoms with van der Waals surface area (Å²) in [6, 6.07) is 11.0. The minimum Gasteiger partial charge on any atom is -0.352 e. The number of anilines is 1. The zero-order chi connectivity index (χ0) is 18.4. The zero-order valence-corrected chi connectivity index (χ0v) is 16.8. The molecule has 0 aliphatic carbocycles. The molecular weight excluding hydrogens is 436 g/mol. The molecular formula is C17H15BrN4O2S2. The van der Waals surface area contributed by atoms with E-state index in [4.69, 9.17) is 0 Å². The molecule has 0 radical (unpaired) electrons. The molecule has 0 fully saturated rings. The Morgan fingerprint density at radius 3 is 2.81 bits per heavy atom. The van der Waals surface area contributed by atoms with Crippen LogP contribution in [0.2, 0.25) is 0 Å². The van der Waals surface area contributed by atoms with E-state index >= 15 is 0 Å². The summed E-state index contributed by atoms with van der Waals surface area (Å²) in [4.78, 5) is 25.0. The number of amides is 2. The van der Waals surface area contributed by atoms with Gasteiger partial charge in [0, 0.05) is 27.9 Å². The number of halogens is 1. The number of carbonyl (C=O) groups is 2. The summed E-state index contributed by atoms with van der Waals surface area (Å²) in [5.74, 6) is -0.251. The third kappa shape index (κ3) is 5.45. The molecule has 134 valence electrons. The summed E-state index contributed by atoms with van der Waals surface area (Å²) < 4.78 is 0.859. The van der Waals surface area contributed by atoms with Crippen molar-refractivity contribution in [3.05, 3.63) is 61.7 Å². The maximum atomic E-state index is 12.1. The van der Waals surface area contributed by atoms with Gasteiger partial charge in [-0.05, 0) is 29.6 Å². The first-order valence-corrected chi connectivity index (χ1v) is 10.3. The van der Waals surface area contributed by atoms with Crippen molar-refractivity contribution >= 4 is 55.5 Å². The molecule has 26 heavy (non-hydrogen) atoms. The zero-order valence-electron chi connectivity index (χ0n) is 13.6. The Bertz CT molecular complexity index is 896. The number of nitrogens with zero attached hydrogens (tertiary/aromatic N) is 2. The first-order chi connectivity index (χ1) is 12.6. The van der Waals surface area contributed by atoms with Gasteiger partial charge in [-0.15, -0.1) is 21.5 Å². The number of benzene rings is 1. The van der Waals surface area contributed by atoms with Crippen LogP contribution in [0.4, 0.5) is 5.13 Å². The van der Waals surface area contributed by atoms with E-state index < -0.39 is 0 Å². The van der Waals surface area contributed by atoms with Crippen LogP contribution in [0.3, 0.4) is 0 Å². The Balaban J connectivity index is 1.45. The van der Waals surface area contributed by atoms with E-state index in [1.807, 2.05) is 29.6 Å². The minimum absolute atomic E-state index is 0.113. The van der Waals surface area contributed by atoms with Crippen LogP contribution in [-0.4, -0.2) is 28.6 Å². The van der Waals surface area contributed by atoms with E-state index in [1.54, 1.807) is 23.5 Å². The van der Waals surface area contributed by atoms with Crippen LogP contribution in [0.25, 0.3) is 0 Å². The predicted octanol–water partition coefficient (Wildman–Crippen LogP) is 3.52. The van der Waals surface area contributed by atoms with Crippen molar-refractivity contribution in [3.8, 4) is 0 Å². The van der Waals surface area contributed by atoms with E-state index in [-0.39, 0.29) is 11.8 Å². The van der Waals surface area contributed by atoms with Crippen molar-refractivity contribution in [2.75, 3.05) is 11.9 Å². The van der Waals surface area contributed by atoms with Gasteiger partial charge in [-0.1, -0.05) is 39.4 Å². The van der Waals surface area contributed by atoms with Gasteiger partial charge in [0.15, 0.2) is 0 Å². The topological polar surface area (TPSA) is 84.0 Å². The molecule has 3 rings (SSSR count). The van der Waals surface area contributed by atoms with Gasteiger partial charge in [0.2, 0.25) is 11.0 Å². The quantitative estimate of drug-likeness (QED) is 0.576. The highest BCUT2D eigenvalue weighted by molar-refractivity contribution is 9.10. The monoisotopic (exact) mass is 450 g/mol. The predicted molar refractivity (Wildman–Crippen MR) is 107 cm³/mol. The second kappa shape index (κ2) is 9.02. The first-order valence-electron chi connectivity index (χ1n) is 7.78.